The molecule has 1 aromatic rings. The van der Waals surface area contributed by atoms with E-state index in [9.17, 15) is 30.3 Å². The molecule has 2 atom stereocenters. The van der Waals surface area contributed by atoms with Crippen LogP contribution in [0.15, 0.2) is 30.3 Å². The highest BCUT2D eigenvalue weighted by molar-refractivity contribution is 7.93. The minimum atomic E-state index is -5.86. The van der Waals surface area contributed by atoms with Crippen LogP contribution in [0.5, 0.6) is 5.75 Å². The Labute approximate surface area is 214 Å². The highest BCUT2D eigenvalue weighted by Crippen LogP contribution is 2.44. The van der Waals surface area contributed by atoms with E-state index in [1.165, 1.54) is 35.4 Å². The Balaban J connectivity index is 0.00000120. The second kappa shape index (κ2) is 12.4. The van der Waals surface area contributed by atoms with Crippen LogP contribution in [0.2, 0.25) is 0 Å². The maximum atomic E-state index is 12.9. The number of amides is 1. The standard InChI is InChI=1S/C20H24F3NO6S.C2H6.CH3FS/c1-13-11-19(9-10-24(13)17(25)29-18(2,3)4)12-16(30-31(26,27)20(21,22)23)14-7-5-6-8-15(14)28-19;1-2;1-3-2/h5-8,12-13H,9-11H2,1-4H3;1-2H3;1H3. The largest absolute Gasteiger partial charge is 0.534 e. The van der Waals surface area contributed by atoms with Crippen molar-refractivity contribution >= 4 is 34.1 Å². The van der Waals surface area contributed by atoms with Gasteiger partial charge in [-0.05, 0) is 39.8 Å². The molecule has 36 heavy (non-hydrogen) atoms. The van der Waals surface area contributed by atoms with Crippen LogP contribution in [0.25, 0.3) is 5.76 Å². The van der Waals surface area contributed by atoms with Crippen LogP contribution in [-0.4, -0.2) is 55.0 Å². The number of likely N-dealkylation sites (tertiary alicyclic amines) is 1. The summed E-state index contributed by atoms with van der Waals surface area (Å²) in [6, 6.07) is 5.71. The molecule has 1 aromatic carbocycles. The lowest BCUT2D eigenvalue weighted by Crippen LogP contribution is -2.54. The molecule has 2 heterocycles. The molecule has 7 nitrogen and oxygen atoms in total. The quantitative estimate of drug-likeness (QED) is 0.226. The Kier molecular flexibility index (Phi) is 11.0. The van der Waals surface area contributed by atoms with E-state index in [1.54, 1.807) is 33.8 Å². The van der Waals surface area contributed by atoms with Crippen LogP contribution in [0.4, 0.5) is 21.9 Å². The first-order valence-corrected chi connectivity index (χ1v) is 13.7. The summed E-state index contributed by atoms with van der Waals surface area (Å²) in [7, 11) is -5.86. The average molecular weight is 560 g/mol. The second-order valence-electron chi connectivity index (χ2n) is 8.79. The number of hydrogen-bond donors (Lipinski definition) is 0. The summed E-state index contributed by atoms with van der Waals surface area (Å²) in [4.78, 5) is 14.0. The van der Waals surface area contributed by atoms with E-state index in [1.807, 2.05) is 13.8 Å². The van der Waals surface area contributed by atoms with Crippen molar-refractivity contribution in [3.05, 3.63) is 35.9 Å². The van der Waals surface area contributed by atoms with Crippen LogP contribution < -0.4 is 4.74 Å². The zero-order valence-electron chi connectivity index (χ0n) is 21.3. The number of hydrogen-bond acceptors (Lipinski definition) is 7. The average Bonchev–Trinajstić information content (AvgIpc) is 2.73. The number of alkyl halides is 3. The summed E-state index contributed by atoms with van der Waals surface area (Å²) in [6.45, 7) is 11.2. The highest BCUT2D eigenvalue weighted by atomic mass is 32.2. The molecule has 206 valence electrons. The van der Waals surface area contributed by atoms with Gasteiger partial charge in [-0.15, -0.1) is 0 Å². The van der Waals surface area contributed by atoms with Crippen LogP contribution >= 0.6 is 12.1 Å². The van der Waals surface area contributed by atoms with Crippen molar-refractivity contribution in [1.82, 2.24) is 4.90 Å². The number of benzene rings is 1. The van der Waals surface area contributed by atoms with E-state index in [2.05, 4.69) is 4.18 Å². The molecule has 1 spiro atoms. The van der Waals surface area contributed by atoms with E-state index in [0.717, 1.165) is 0 Å². The molecular formula is C23H33F4NO6S2. The third kappa shape index (κ3) is 8.19. The van der Waals surface area contributed by atoms with Crippen LogP contribution in [-0.2, 0) is 19.0 Å². The Morgan fingerprint density at radius 3 is 2.25 bits per heavy atom. The lowest BCUT2D eigenvalue weighted by atomic mass is 9.84. The zero-order chi connectivity index (χ0) is 27.9. The number of ether oxygens (including phenoxy) is 2. The minimum Gasteiger partial charge on any atom is -0.482 e. The molecule has 1 fully saturated rings. The van der Waals surface area contributed by atoms with Gasteiger partial charge in [-0.1, -0.05) is 26.0 Å². The summed E-state index contributed by atoms with van der Waals surface area (Å²) in [5.74, 6) is -0.243. The van der Waals surface area contributed by atoms with Crippen molar-refractivity contribution in [2.24, 2.45) is 0 Å². The first-order valence-electron chi connectivity index (χ1n) is 11.2. The molecule has 0 aliphatic carbocycles. The number of nitrogens with zero attached hydrogens (tertiary/aromatic N) is 1. The zero-order valence-corrected chi connectivity index (χ0v) is 22.9. The second-order valence-corrected chi connectivity index (χ2v) is 10.6. The molecule has 0 aromatic heterocycles. The Morgan fingerprint density at radius 2 is 1.75 bits per heavy atom. The van der Waals surface area contributed by atoms with Gasteiger partial charge in [0.2, 0.25) is 0 Å². The number of para-hydroxylation sites is 1. The van der Waals surface area contributed by atoms with Gasteiger partial charge in [-0.2, -0.15) is 25.5 Å². The lowest BCUT2D eigenvalue weighted by Gasteiger charge is -2.45. The summed E-state index contributed by atoms with van der Waals surface area (Å²) in [5.41, 5.74) is -7.29. The maximum absolute atomic E-state index is 12.9. The van der Waals surface area contributed by atoms with Crippen molar-refractivity contribution in [3.8, 4) is 5.75 Å². The topological polar surface area (TPSA) is 82.1 Å². The molecule has 13 heteroatoms. The van der Waals surface area contributed by atoms with Crippen molar-refractivity contribution in [2.45, 2.75) is 77.1 Å². The van der Waals surface area contributed by atoms with Crippen molar-refractivity contribution in [1.29, 1.82) is 0 Å². The maximum Gasteiger partial charge on any atom is 0.534 e. The van der Waals surface area contributed by atoms with Gasteiger partial charge in [0.05, 0.1) is 5.56 Å². The van der Waals surface area contributed by atoms with Gasteiger partial charge in [-0.25, -0.2) is 4.79 Å². The van der Waals surface area contributed by atoms with Crippen LogP contribution in [0, 0.1) is 0 Å². The van der Waals surface area contributed by atoms with Crippen molar-refractivity contribution < 1.29 is 43.9 Å². The summed E-state index contributed by atoms with van der Waals surface area (Å²) >= 11 is 0.250. The fourth-order valence-electron chi connectivity index (χ4n) is 3.62. The monoisotopic (exact) mass is 559 g/mol. The van der Waals surface area contributed by atoms with Gasteiger partial charge in [0.1, 0.15) is 17.0 Å². The van der Waals surface area contributed by atoms with E-state index in [-0.39, 0.29) is 48.9 Å². The summed E-state index contributed by atoms with van der Waals surface area (Å²) in [6.07, 6.45) is 2.55. The third-order valence-corrected chi connectivity index (χ3v) is 5.89. The van der Waals surface area contributed by atoms with E-state index < -0.39 is 38.7 Å². The molecule has 1 amide bonds. The van der Waals surface area contributed by atoms with Crippen molar-refractivity contribution in [2.75, 3.05) is 12.8 Å². The van der Waals surface area contributed by atoms with Gasteiger partial charge in [0.25, 0.3) is 0 Å². The predicted molar refractivity (Wildman–Crippen MR) is 131 cm³/mol. The third-order valence-electron chi connectivity index (χ3n) is 4.92. The van der Waals surface area contributed by atoms with Gasteiger partial charge in [-0.3, -0.25) is 0 Å². The molecule has 2 aliphatic rings. The number of piperidine rings is 1. The molecule has 3 rings (SSSR count). The van der Waals surface area contributed by atoms with E-state index in [4.69, 9.17) is 9.47 Å². The fraction of sp³-hybridized carbons (Fsp3) is 0.609. The molecule has 0 radical (unpaired) electrons. The molecule has 2 unspecified atom stereocenters. The van der Waals surface area contributed by atoms with Gasteiger partial charge < -0.3 is 18.6 Å². The first-order chi connectivity index (χ1) is 16.5. The van der Waals surface area contributed by atoms with Crippen molar-refractivity contribution in [3.63, 3.8) is 0 Å². The molecule has 0 saturated carbocycles. The van der Waals surface area contributed by atoms with Gasteiger partial charge in [0, 0.05) is 49.9 Å². The molecule has 2 aliphatic heterocycles. The molecule has 1 saturated heterocycles. The lowest BCUT2D eigenvalue weighted by molar-refractivity contribution is -0.0513. The number of fused-ring (bicyclic) bond motifs is 1. The van der Waals surface area contributed by atoms with E-state index >= 15 is 0 Å². The number of carbonyl (C=O) groups is 1. The normalized spacial score (nSPS) is 21.5. The Bertz CT molecular complexity index is 1020. The fourth-order valence-corrected chi connectivity index (χ4v) is 4.09. The van der Waals surface area contributed by atoms with Gasteiger partial charge in [0.15, 0.2) is 5.76 Å². The van der Waals surface area contributed by atoms with Crippen LogP contribution in [0.1, 0.15) is 59.9 Å². The highest BCUT2D eigenvalue weighted by Gasteiger charge is 2.51. The smallest absolute Gasteiger partial charge is 0.482 e. The number of carbonyl (C=O) groups excluding carboxylic acids is 1. The minimum absolute atomic E-state index is 0.100. The summed E-state index contributed by atoms with van der Waals surface area (Å²) < 4.78 is 88.2. The first kappa shape index (κ1) is 31.9. The number of rotatable bonds is 2. The van der Waals surface area contributed by atoms with E-state index in [0.29, 0.717) is 0 Å². The Hall–Kier alpha value is -2.15. The predicted octanol–water partition coefficient (Wildman–Crippen LogP) is 6.70. The summed E-state index contributed by atoms with van der Waals surface area (Å²) in [5, 5.41) is 0. The number of halogens is 4. The van der Waals surface area contributed by atoms with Gasteiger partial charge >= 0.3 is 21.7 Å². The Morgan fingerprint density at radius 1 is 1.19 bits per heavy atom. The molecule has 0 bridgehead atoms. The SMILES string of the molecule is CC.CC1CC2(C=C(OS(=O)(=O)C(F)(F)F)c3ccccc3O2)CCN1C(=O)OC(C)(C)C.CSF. The van der Waals surface area contributed by atoms with Crippen LogP contribution in [0.3, 0.4) is 0 Å². The molecular weight excluding hydrogens is 526 g/mol. The molecule has 0 N–H and O–H groups in total.